The summed E-state index contributed by atoms with van der Waals surface area (Å²) in [6.07, 6.45) is 1.55. The van der Waals surface area contributed by atoms with Gasteiger partial charge in [-0.3, -0.25) is 4.31 Å². The van der Waals surface area contributed by atoms with Gasteiger partial charge in [-0.05, 0) is 31.5 Å². The molecule has 0 fully saturated rings. The van der Waals surface area contributed by atoms with E-state index >= 15 is 0 Å². The van der Waals surface area contributed by atoms with Crippen LogP contribution in [0.25, 0.3) is 0 Å². The Morgan fingerprint density at radius 2 is 2.00 bits per heavy atom. The molecule has 1 rings (SSSR count). The minimum atomic E-state index is -3.23. The summed E-state index contributed by atoms with van der Waals surface area (Å²) in [7, 11) is -3.23. The molecule has 0 saturated heterocycles. The van der Waals surface area contributed by atoms with Gasteiger partial charge in [0.15, 0.2) is 0 Å². The lowest BCUT2D eigenvalue weighted by Crippen LogP contribution is -2.32. The molecule has 5 heteroatoms. The standard InChI is InChI=1S/C12H20N2O2S/c1-3-5-9-17(15,16)14(4-2)12-8-6-7-11(13)10-12/h6-8,10H,3-5,9,13H2,1-2H3. The molecule has 0 aromatic heterocycles. The van der Waals surface area contributed by atoms with Crippen molar-refractivity contribution in [3.8, 4) is 0 Å². The van der Waals surface area contributed by atoms with E-state index in [1.165, 1.54) is 4.31 Å². The molecule has 0 unspecified atom stereocenters. The normalized spacial score (nSPS) is 11.4. The molecular formula is C12H20N2O2S. The summed E-state index contributed by atoms with van der Waals surface area (Å²) in [6.45, 7) is 4.23. The number of hydrogen-bond donors (Lipinski definition) is 1. The van der Waals surface area contributed by atoms with E-state index in [1.807, 2.05) is 13.8 Å². The van der Waals surface area contributed by atoms with Gasteiger partial charge >= 0.3 is 0 Å². The van der Waals surface area contributed by atoms with Crippen molar-refractivity contribution in [3.05, 3.63) is 24.3 Å². The van der Waals surface area contributed by atoms with E-state index in [9.17, 15) is 8.42 Å². The number of nitrogens with two attached hydrogens (primary N) is 1. The van der Waals surface area contributed by atoms with E-state index in [0.29, 0.717) is 24.3 Å². The molecule has 1 aromatic rings. The highest BCUT2D eigenvalue weighted by atomic mass is 32.2. The lowest BCUT2D eigenvalue weighted by Gasteiger charge is -2.23. The Kier molecular flexibility index (Phi) is 4.81. The van der Waals surface area contributed by atoms with E-state index in [2.05, 4.69) is 0 Å². The van der Waals surface area contributed by atoms with Crippen molar-refractivity contribution in [1.82, 2.24) is 0 Å². The van der Waals surface area contributed by atoms with Crippen molar-refractivity contribution in [2.24, 2.45) is 0 Å². The Hall–Kier alpha value is -1.23. The average molecular weight is 256 g/mol. The van der Waals surface area contributed by atoms with Crippen molar-refractivity contribution < 1.29 is 8.42 Å². The second-order valence-corrected chi connectivity index (χ2v) is 5.94. The number of unbranched alkanes of at least 4 members (excludes halogenated alkanes) is 1. The van der Waals surface area contributed by atoms with Crippen LogP contribution in [0.2, 0.25) is 0 Å². The molecule has 0 heterocycles. The molecule has 0 aliphatic rings. The van der Waals surface area contributed by atoms with Crippen LogP contribution in [-0.4, -0.2) is 20.7 Å². The third-order valence-corrected chi connectivity index (χ3v) is 4.48. The minimum absolute atomic E-state index is 0.187. The van der Waals surface area contributed by atoms with Crippen molar-refractivity contribution in [3.63, 3.8) is 0 Å². The van der Waals surface area contributed by atoms with Gasteiger partial charge in [0.25, 0.3) is 0 Å². The maximum Gasteiger partial charge on any atom is 0.235 e. The van der Waals surface area contributed by atoms with Crippen molar-refractivity contribution in [1.29, 1.82) is 0 Å². The van der Waals surface area contributed by atoms with Crippen LogP contribution >= 0.6 is 0 Å². The lowest BCUT2D eigenvalue weighted by molar-refractivity contribution is 0.588. The van der Waals surface area contributed by atoms with Gasteiger partial charge in [-0.1, -0.05) is 19.4 Å². The molecule has 4 nitrogen and oxygen atoms in total. The number of sulfonamides is 1. The minimum Gasteiger partial charge on any atom is -0.399 e. The van der Waals surface area contributed by atoms with Gasteiger partial charge in [-0.15, -0.1) is 0 Å². The number of nitrogen functional groups attached to an aromatic ring is 1. The van der Waals surface area contributed by atoms with E-state index in [4.69, 9.17) is 5.73 Å². The van der Waals surface area contributed by atoms with Gasteiger partial charge in [0.05, 0.1) is 11.4 Å². The van der Waals surface area contributed by atoms with E-state index in [-0.39, 0.29) is 5.75 Å². The van der Waals surface area contributed by atoms with E-state index < -0.39 is 10.0 Å². The second kappa shape index (κ2) is 5.91. The first-order chi connectivity index (χ1) is 8.01. The van der Waals surface area contributed by atoms with Crippen LogP contribution < -0.4 is 10.0 Å². The highest BCUT2D eigenvalue weighted by Crippen LogP contribution is 2.21. The van der Waals surface area contributed by atoms with Crippen molar-refractivity contribution in [2.45, 2.75) is 26.7 Å². The Labute approximate surface area is 103 Å². The Balaban J connectivity index is 2.99. The number of hydrogen-bond acceptors (Lipinski definition) is 3. The summed E-state index contributed by atoms with van der Waals surface area (Å²) in [5.74, 6) is 0.187. The molecule has 0 spiro atoms. The molecule has 2 N–H and O–H groups in total. The molecule has 96 valence electrons. The number of nitrogens with zero attached hydrogens (tertiary/aromatic N) is 1. The fourth-order valence-corrected chi connectivity index (χ4v) is 3.36. The number of anilines is 2. The summed E-state index contributed by atoms with van der Waals surface area (Å²) in [4.78, 5) is 0. The van der Waals surface area contributed by atoms with Crippen molar-refractivity contribution >= 4 is 21.4 Å². The third kappa shape index (κ3) is 3.63. The fraction of sp³-hybridized carbons (Fsp3) is 0.500. The first kappa shape index (κ1) is 13.8. The predicted octanol–water partition coefficient (Wildman–Crippen LogP) is 2.23. The van der Waals surface area contributed by atoms with Crippen LogP contribution in [0, 0.1) is 0 Å². The van der Waals surface area contributed by atoms with Crippen molar-refractivity contribution in [2.75, 3.05) is 22.3 Å². The molecule has 0 bridgehead atoms. The summed E-state index contributed by atoms with van der Waals surface area (Å²) in [5, 5.41) is 0. The van der Waals surface area contributed by atoms with Gasteiger partial charge in [0.1, 0.15) is 0 Å². The highest BCUT2D eigenvalue weighted by Gasteiger charge is 2.20. The molecular weight excluding hydrogens is 236 g/mol. The zero-order valence-corrected chi connectivity index (χ0v) is 11.2. The topological polar surface area (TPSA) is 63.4 Å². The molecule has 0 aliphatic heterocycles. The van der Waals surface area contributed by atoms with Crippen LogP contribution in [0.15, 0.2) is 24.3 Å². The molecule has 0 aliphatic carbocycles. The first-order valence-corrected chi connectivity index (χ1v) is 7.48. The summed E-state index contributed by atoms with van der Waals surface area (Å²) < 4.78 is 25.7. The Morgan fingerprint density at radius 1 is 1.29 bits per heavy atom. The van der Waals surface area contributed by atoms with E-state index in [1.54, 1.807) is 24.3 Å². The van der Waals surface area contributed by atoms with Gasteiger partial charge in [0, 0.05) is 12.2 Å². The van der Waals surface area contributed by atoms with E-state index in [0.717, 1.165) is 6.42 Å². The monoisotopic (exact) mass is 256 g/mol. The third-order valence-electron chi connectivity index (χ3n) is 2.54. The van der Waals surface area contributed by atoms with Gasteiger partial charge < -0.3 is 5.73 Å². The van der Waals surface area contributed by atoms with Crippen LogP contribution in [0.1, 0.15) is 26.7 Å². The number of rotatable bonds is 6. The van der Waals surface area contributed by atoms with Gasteiger partial charge in [0.2, 0.25) is 10.0 Å². The number of benzene rings is 1. The van der Waals surface area contributed by atoms with Crippen LogP contribution in [0.5, 0.6) is 0 Å². The lowest BCUT2D eigenvalue weighted by atomic mass is 10.3. The summed E-state index contributed by atoms with van der Waals surface area (Å²) in [6, 6.07) is 6.97. The highest BCUT2D eigenvalue weighted by molar-refractivity contribution is 7.92. The molecule has 0 amide bonds. The zero-order valence-electron chi connectivity index (χ0n) is 10.4. The molecule has 0 atom stereocenters. The summed E-state index contributed by atoms with van der Waals surface area (Å²) in [5.41, 5.74) is 6.89. The molecule has 17 heavy (non-hydrogen) atoms. The fourth-order valence-electron chi connectivity index (χ4n) is 1.66. The van der Waals surface area contributed by atoms with Gasteiger partial charge in [-0.2, -0.15) is 0 Å². The first-order valence-electron chi connectivity index (χ1n) is 5.87. The quantitative estimate of drug-likeness (QED) is 0.794. The maximum absolute atomic E-state index is 12.1. The largest absolute Gasteiger partial charge is 0.399 e. The maximum atomic E-state index is 12.1. The smallest absolute Gasteiger partial charge is 0.235 e. The molecule has 1 aromatic carbocycles. The molecule has 0 radical (unpaired) electrons. The summed E-state index contributed by atoms with van der Waals surface area (Å²) >= 11 is 0. The van der Waals surface area contributed by atoms with Gasteiger partial charge in [-0.25, -0.2) is 8.42 Å². The second-order valence-electron chi connectivity index (χ2n) is 3.93. The Morgan fingerprint density at radius 3 is 2.53 bits per heavy atom. The van der Waals surface area contributed by atoms with Crippen LogP contribution in [-0.2, 0) is 10.0 Å². The zero-order chi connectivity index (χ0) is 12.9. The Bertz CT molecular complexity index is 457. The van der Waals surface area contributed by atoms with Crippen LogP contribution in [0.4, 0.5) is 11.4 Å². The average Bonchev–Trinajstić information content (AvgIpc) is 2.27. The molecule has 0 saturated carbocycles. The van der Waals surface area contributed by atoms with Crippen LogP contribution in [0.3, 0.4) is 0 Å². The predicted molar refractivity (Wildman–Crippen MR) is 72.6 cm³/mol. The SMILES string of the molecule is CCCCS(=O)(=O)N(CC)c1cccc(N)c1.